The van der Waals surface area contributed by atoms with Crippen molar-refractivity contribution in [1.82, 2.24) is 0 Å². The molecular weight excluding hydrogens is 345 g/mol. The number of benzene rings is 2. The average Bonchev–Trinajstić information content (AvgIpc) is 2.41. The minimum absolute atomic E-state index is 0.0294. The average molecular weight is 359 g/mol. The van der Waals surface area contributed by atoms with Gasteiger partial charge in [0.15, 0.2) is 11.6 Å². The maximum absolute atomic E-state index is 13.9. The molecule has 0 aliphatic heterocycles. The summed E-state index contributed by atoms with van der Waals surface area (Å²) in [4.78, 5) is 0. The fourth-order valence-electron chi connectivity index (χ4n) is 1.84. The molecule has 2 nitrogen and oxygen atoms in total. The summed E-state index contributed by atoms with van der Waals surface area (Å²) < 4.78 is 20.6. The molecule has 0 aliphatic carbocycles. The van der Waals surface area contributed by atoms with Crippen LogP contribution < -0.4 is 10.5 Å². The van der Waals surface area contributed by atoms with Crippen molar-refractivity contribution in [3.8, 4) is 5.75 Å². The number of nitrogens with two attached hydrogens (primary N) is 1. The summed E-state index contributed by atoms with van der Waals surface area (Å²) >= 11 is 9.12. The Labute approximate surface area is 130 Å². The molecule has 0 aromatic heterocycles. The number of halogens is 3. The highest BCUT2D eigenvalue weighted by Gasteiger charge is 2.20. The molecule has 0 amide bonds. The first-order chi connectivity index (χ1) is 9.49. The van der Waals surface area contributed by atoms with Gasteiger partial charge in [-0.2, -0.15) is 0 Å². The van der Waals surface area contributed by atoms with E-state index < -0.39 is 11.9 Å². The van der Waals surface area contributed by atoms with Gasteiger partial charge in [-0.15, -0.1) is 0 Å². The molecule has 2 N–H and O–H groups in total. The molecule has 20 heavy (non-hydrogen) atoms. The van der Waals surface area contributed by atoms with Crippen LogP contribution in [0.5, 0.6) is 5.75 Å². The fourth-order valence-corrected chi connectivity index (χ4v) is 2.27. The summed E-state index contributed by atoms with van der Waals surface area (Å²) in [5, 5.41) is 0.0294. The summed E-state index contributed by atoms with van der Waals surface area (Å²) in [7, 11) is 0. The highest BCUT2D eigenvalue weighted by Crippen LogP contribution is 2.30. The van der Waals surface area contributed by atoms with Gasteiger partial charge in [-0.1, -0.05) is 45.7 Å². The Hall–Kier alpha value is -1.10. The topological polar surface area (TPSA) is 35.2 Å². The molecule has 0 fully saturated rings. The quantitative estimate of drug-likeness (QED) is 0.859. The van der Waals surface area contributed by atoms with E-state index in [-0.39, 0.29) is 16.8 Å². The highest BCUT2D eigenvalue weighted by molar-refractivity contribution is 9.10. The Morgan fingerprint density at radius 3 is 2.45 bits per heavy atom. The zero-order chi connectivity index (χ0) is 14.7. The predicted octanol–water partition coefficient (Wildman–Crippen LogP) is 4.71. The summed E-state index contributed by atoms with van der Waals surface area (Å²) in [5.74, 6) is -0.473. The van der Waals surface area contributed by atoms with Crippen molar-refractivity contribution < 1.29 is 9.13 Å². The summed E-state index contributed by atoms with van der Waals surface area (Å²) in [6.07, 6.45) is -0.448. The van der Waals surface area contributed by atoms with Gasteiger partial charge in [0.2, 0.25) is 0 Å². The minimum atomic E-state index is -0.572. The second-order valence-electron chi connectivity index (χ2n) is 4.50. The van der Waals surface area contributed by atoms with Gasteiger partial charge in [-0.25, -0.2) is 4.39 Å². The Morgan fingerprint density at radius 2 is 1.85 bits per heavy atom. The van der Waals surface area contributed by atoms with Gasteiger partial charge in [0.05, 0.1) is 5.02 Å². The van der Waals surface area contributed by atoms with Crippen molar-refractivity contribution in [1.29, 1.82) is 0 Å². The van der Waals surface area contributed by atoms with Crippen LogP contribution in [-0.4, -0.2) is 6.04 Å². The van der Waals surface area contributed by atoms with Crippen LogP contribution in [0.25, 0.3) is 0 Å². The van der Waals surface area contributed by atoms with E-state index in [4.69, 9.17) is 22.1 Å². The first kappa shape index (κ1) is 15.3. The Bertz CT molecular complexity index is 589. The predicted molar refractivity (Wildman–Crippen MR) is 82.6 cm³/mol. The lowest BCUT2D eigenvalue weighted by atomic mass is 10.0. The number of rotatable bonds is 4. The normalized spacial score (nSPS) is 13.8. The van der Waals surface area contributed by atoms with Crippen LogP contribution in [-0.2, 0) is 0 Å². The van der Waals surface area contributed by atoms with Crippen LogP contribution in [0.2, 0.25) is 5.02 Å². The van der Waals surface area contributed by atoms with Crippen LogP contribution in [0.15, 0.2) is 46.9 Å². The fraction of sp³-hybridized carbons (Fsp3) is 0.200. The van der Waals surface area contributed by atoms with Gasteiger partial charge in [0.25, 0.3) is 0 Å². The number of hydrogen-bond acceptors (Lipinski definition) is 2. The molecule has 106 valence electrons. The van der Waals surface area contributed by atoms with Crippen LogP contribution in [0, 0.1) is 5.82 Å². The van der Waals surface area contributed by atoms with Crippen LogP contribution in [0.1, 0.15) is 18.6 Å². The summed E-state index contributed by atoms with van der Waals surface area (Å²) in [5.41, 5.74) is 6.83. The second kappa shape index (κ2) is 6.57. The van der Waals surface area contributed by atoms with E-state index in [1.807, 2.05) is 31.2 Å². The van der Waals surface area contributed by atoms with E-state index in [1.165, 1.54) is 12.1 Å². The van der Waals surface area contributed by atoms with E-state index in [0.717, 1.165) is 10.0 Å². The molecule has 2 rings (SSSR count). The third-order valence-corrected chi connectivity index (χ3v) is 3.67. The Balaban J connectivity index is 2.30. The maximum atomic E-state index is 13.9. The van der Waals surface area contributed by atoms with Crippen molar-refractivity contribution >= 4 is 27.5 Å². The van der Waals surface area contributed by atoms with E-state index in [0.29, 0.717) is 0 Å². The third kappa shape index (κ3) is 3.51. The van der Waals surface area contributed by atoms with E-state index >= 15 is 0 Å². The molecule has 0 bridgehead atoms. The summed E-state index contributed by atoms with van der Waals surface area (Å²) in [6, 6.07) is 11.9. The van der Waals surface area contributed by atoms with Crippen molar-refractivity contribution in [2.75, 3.05) is 0 Å². The van der Waals surface area contributed by atoms with Crippen molar-refractivity contribution in [3.63, 3.8) is 0 Å². The first-order valence-electron chi connectivity index (χ1n) is 6.10. The molecule has 0 aliphatic rings. The molecule has 0 saturated carbocycles. The highest BCUT2D eigenvalue weighted by atomic mass is 79.9. The molecular formula is C15H14BrClFNO. The minimum Gasteiger partial charge on any atom is -0.481 e. The number of hydrogen-bond donors (Lipinski definition) is 1. The van der Waals surface area contributed by atoms with E-state index in [2.05, 4.69) is 15.9 Å². The first-order valence-corrected chi connectivity index (χ1v) is 7.28. The lowest BCUT2D eigenvalue weighted by molar-refractivity contribution is 0.172. The second-order valence-corrected chi connectivity index (χ2v) is 5.82. The zero-order valence-corrected chi connectivity index (χ0v) is 13.2. The number of ether oxygens (including phenoxy) is 1. The van der Waals surface area contributed by atoms with Crippen molar-refractivity contribution in [3.05, 3.63) is 63.3 Å². The maximum Gasteiger partial charge on any atom is 0.183 e. The van der Waals surface area contributed by atoms with Crippen molar-refractivity contribution in [2.45, 2.75) is 19.1 Å². The Morgan fingerprint density at radius 1 is 1.20 bits per heavy atom. The van der Waals surface area contributed by atoms with Crippen LogP contribution in [0.4, 0.5) is 4.39 Å². The smallest absolute Gasteiger partial charge is 0.183 e. The molecule has 0 saturated heterocycles. The van der Waals surface area contributed by atoms with E-state index in [9.17, 15) is 4.39 Å². The van der Waals surface area contributed by atoms with Crippen LogP contribution >= 0.6 is 27.5 Å². The molecule has 2 unspecified atom stereocenters. The zero-order valence-electron chi connectivity index (χ0n) is 10.8. The van der Waals surface area contributed by atoms with Gasteiger partial charge >= 0.3 is 0 Å². The van der Waals surface area contributed by atoms with Gasteiger partial charge in [-0.05, 0) is 36.8 Å². The molecule has 0 heterocycles. The molecule has 5 heteroatoms. The molecule has 2 aromatic rings. The molecule has 2 aromatic carbocycles. The van der Waals surface area contributed by atoms with Crippen LogP contribution in [0.3, 0.4) is 0 Å². The molecule has 0 radical (unpaired) electrons. The summed E-state index contributed by atoms with van der Waals surface area (Å²) in [6.45, 7) is 1.81. The molecule has 2 atom stereocenters. The standard InChI is InChI=1S/C15H14BrClFNO/c1-9(19)15(10-5-7-11(16)8-6-10)20-13-4-2-3-12(17)14(13)18/h2-9,15H,19H2,1H3. The Kier molecular flexibility index (Phi) is 5.02. The largest absolute Gasteiger partial charge is 0.481 e. The lowest BCUT2D eigenvalue weighted by Gasteiger charge is -2.23. The molecule has 0 spiro atoms. The van der Waals surface area contributed by atoms with Gasteiger partial charge in [0, 0.05) is 10.5 Å². The SMILES string of the molecule is CC(N)C(Oc1cccc(Cl)c1F)c1ccc(Br)cc1. The van der Waals surface area contributed by atoms with E-state index in [1.54, 1.807) is 6.07 Å². The monoisotopic (exact) mass is 357 g/mol. The van der Waals surface area contributed by atoms with Gasteiger partial charge in [-0.3, -0.25) is 0 Å². The lowest BCUT2D eigenvalue weighted by Crippen LogP contribution is -2.29. The van der Waals surface area contributed by atoms with Gasteiger partial charge in [0.1, 0.15) is 6.10 Å². The van der Waals surface area contributed by atoms with Crippen molar-refractivity contribution in [2.24, 2.45) is 5.73 Å². The van der Waals surface area contributed by atoms with Gasteiger partial charge < -0.3 is 10.5 Å². The third-order valence-electron chi connectivity index (χ3n) is 2.85.